The van der Waals surface area contributed by atoms with Crippen molar-refractivity contribution in [2.45, 2.75) is 18.9 Å². The lowest BCUT2D eigenvalue weighted by Gasteiger charge is -2.05. The number of nitrogens with zero attached hydrogens (tertiary/aromatic N) is 2. The van der Waals surface area contributed by atoms with Crippen molar-refractivity contribution in [3.05, 3.63) is 42.2 Å². The molecule has 0 bridgehead atoms. The van der Waals surface area contributed by atoms with Crippen LogP contribution in [-0.4, -0.2) is 35.8 Å². The smallest absolute Gasteiger partial charge is 0.328 e. The zero-order valence-corrected chi connectivity index (χ0v) is 13.1. The minimum Gasteiger partial charge on any atom is -0.480 e. The van der Waals surface area contributed by atoms with Crippen molar-refractivity contribution in [3.8, 4) is 0 Å². The highest BCUT2D eigenvalue weighted by molar-refractivity contribution is 5.90. The Morgan fingerprint density at radius 3 is 2.88 bits per heavy atom. The van der Waals surface area contributed by atoms with Crippen LogP contribution in [0.1, 0.15) is 18.4 Å². The number of allylic oxidation sites excluding steroid dienone is 1. The molecule has 7 heteroatoms. The van der Waals surface area contributed by atoms with Gasteiger partial charge in [-0.05, 0) is 31.1 Å². The van der Waals surface area contributed by atoms with Gasteiger partial charge in [0.25, 0.3) is 0 Å². The summed E-state index contributed by atoms with van der Waals surface area (Å²) in [6.45, 7) is 0.387. The van der Waals surface area contributed by atoms with Crippen molar-refractivity contribution in [1.29, 1.82) is 0 Å². The maximum atomic E-state index is 11.2. The van der Waals surface area contributed by atoms with Crippen LogP contribution in [-0.2, 0) is 4.79 Å². The second kappa shape index (κ2) is 8.52. The predicted molar refractivity (Wildman–Crippen MR) is 95.1 cm³/mol. The predicted octanol–water partition coefficient (Wildman–Crippen LogP) is 2.02. The van der Waals surface area contributed by atoms with Gasteiger partial charge in [0, 0.05) is 23.7 Å². The fourth-order valence-corrected chi connectivity index (χ4v) is 2.18. The van der Waals surface area contributed by atoms with Gasteiger partial charge < -0.3 is 21.0 Å². The standard InChI is InChI=1S/C17H20N4O3/c18-17(19)21-10-4-7-14(16(22)23)20-9-3-5-12-11-24-15-8-2-1-6-13(12)15/h1-3,5-6,8-9,11,14H,4,7,10H2,(H,22,23)(H4,18,19,21)/b5-3+,20-9?/t14-/m0/s1. The average molecular weight is 328 g/mol. The van der Waals surface area contributed by atoms with Crippen molar-refractivity contribution in [2.75, 3.05) is 6.54 Å². The molecule has 2 aromatic rings. The summed E-state index contributed by atoms with van der Waals surface area (Å²) >= 11 is 0. The van der Waals surface area contributed by atoms with Crippen LogP contribution in [0.25, 0.3) is 17.0 Å². The fraction of sp³-hybridized carbons (Fsp3) is 0.235. The molecule has 2 rings (SSSR count). The monoisotopic (exact) mass is 328 g/mol. The number of hydrogen-bond acceptors (Lipinski definition) is 4. The van der Waals surface area contributed by atoms with Gasteiger partial charge in [-0.25, -0.2) is 4.79 Å². The zero-order valence-electron chi connectivity index (χ0n) is 13.1. The first kappa shape index (κ1) is 17.3. The molecule has 1 atom stereocenters. The second-order valence-corrected chi connectivity index (χ2v) is 5.15. The summed E-state index contributed by atoms with van der Waals surface area (Å²) in [5, 5.41) is 10.2. The van der Waals surface area contributed by atoms with Gasteiger partial charge in [0.1, 0.15) is 11.6 Å². The van der Waals surface area contributed by atoms with Crippen molar-refractivity contribution in [3.63, 3.8) is 0 Å². The average Bonchev–Trinajstić information content (AvgIpc) is 2.96. The number of guanidine groups is 1. The zero-order chi connectivity index (χ0) is 17.4. The number of aliphatic imine (C=N–C) groups is 2. The molecule has 7 nitrogen and oxygen atoms in total. The molecule has 0 aliphatic carbocycles. The highest BCUT2D eigenvalue weighted by Gasteiger charge is 2.14. The maximum Gasteiger partial charge on any atom is 0.328 e. The lowest BCUT2D eigenvalue weighted by atomic mass is 10.1. The molecule has 0 aliphatic heterocycles. The third kappa shape index (κ3) is 4.98. The number of carboxylic acid groups (broad SMARTS) is 1. The van der Waals surface area contributed by atoms with Crippen molar-refractivity contribution >= 4 is 35.2 Å². The molecule has 0 radical (unpaired) electrons. The highest BCUT2D eigenvalue weighted by Crippen LogP contribution is 2.21. The van der Waals surface area contributed by atoms with E-state index < -0.39 is 12.0 Å². The number of fused-ring (bicyclic) bond motifs is 1. The number of para-hydroxylation sites is 1. The third-order valence-electron chi connectivity index (χ3n) is 3.35. The molecule has 126 valence electrons. The summed E-state index contributed by atoms with van der Waals surface area (Å²) in [6, 6.07) is 6.86. The van der Waals surface area contributed by atoms with Gasteiger partial charge in [-0.15, -0.1) is 0 Å². The molecule has 0 saturated heterocycles. The number of carbonyl (C=O) groups is 1. The van der Waals surface area contributed by atoms with E-state index in [0.717, 1.165) is 16.5 Å². The Morgan fingerprint density at radius 2 is 2.12 bits per heavy atom. The lowest BCUT2D eigenvalue weighted by Crippen LogP contribution is -2.23. The number of rotatable bonds is 8. The van der Waals surface area contributed by atoms with E-state index in [9.17, 15) is 4.79 Å². The van der Waals surface area contributed by atoms with Crippen LogP contribution in [0.15, 0.2) is 51.0 Å². The SMILES string of the molecule is NC(N)=NCCC[C@H](N=C/C=C/c1coc2ccccc12)C(=O)O. The van der Waals surface area contributed by atoms with Crippen LogP contribution < -0.4 is 11.5 Å². The van der Waals surface area contributed by atoms with E-state index in [2.05, 4.69) is 9.98 Å². The van der Waals surface area contributed by atoms with Gasteiger partial charge in [-0.3, -0.25) is 9.98 Å². The van der Waals surface area contributed by atoms with Gasteiger partial charge in [0.15, 0.2) is 5.96 Å². The summed E-state index contributed by atoms with van der Waals surface area (Å²) in [7, 11) is 0. The van der Waals surface area contributed by atoms with Gasteiger partial charge in [0.2, 0.25) is 0 Å². The normalized spacial score (nSPS) is 12.8. The molecular weight excluding hydrogens is 308 g/mol. The number of benzene rings is 1. The number of carboxylic acids is 1. The Balaban J connectivity index is 1.94. The first-order valence-electron chi connectivity index (χ1n) is 7.52. The summed E-state index contributed by atoms with van der Waals surface area (Å²) < 4.78 is 5.43. The number of aliphatic carboxylic acids is 1. The quantitative estimate of drug-likeness (QED) is 0.388. The van der Waals surface area contributed by atoms with Crippen LogP contribution >= 0.6 is 0 Å². The second-order valence-electron chi connectivity index (χ2n) is 5.15. The van der Waals surface area contributed by atoms with E-state index in [-0.39, 0.29) is 5.96 Å². The molecule has 0 aliphatic rings. The highest BCUT2D eigenvalue weighted by atomic mass is 16.4. The Bertz CT molecular complexity index is 773. The Labute approximate surface area is 139 Å². The largest absolute Gasteiger partial charge is 0.480 e. The molecule has 1 aromatic heterocycles. The van der Waals surface area contributed by atoms with E-state index in [1.165, 1.54) is 6.21 Å². The lowest BCUT2D eigenvalue weighted by molar-refractivity contribution is -0.138. The summed E-state index contributed by atoms with van der Waals surface area (Å²) in [5.41, 5.74) is 12.2. The van der Waals surface area contributed by atoms with Gasteiger partial charge in [-0.2, -0.15) is 0 Å². The number of hydrogen-bond donors (Lipinski definition) is 3. The topological polar surface area (TPSA) is 127 Å². The molecule has 24 heavy (non-hydrogen) atoms. The summed E-state index contributed by atoms with van der Waals surface area (Å²) in [4.78, 5) is 19.1. The van der Waals surface area contributed by atoms with E-state index in [1.54, 1.807) is 12.3 Å². The fourth-order valence-electron chi connectivity index (χ4n) is 2.18. The van der Waals surface area contributed by atoms with Crippen LogP contribution in [0.3, 0.4) is 0 Å². The molecule has 0 fully saturated rings. The van der Waals surface area contributed by atoms with E-state index in [4.69, 9.17) is 21.0 Å². The summed E-state index contributed by atoms with van der Waals surface area (Å²) in [5.74, 6) is -0.973. The Morgan fingerprint density at radius 1 is 1.33 bits per heavy atom. The first-order chi connectivity index (χ1) is 11.6. The van der Waals surface area contributed by atoms with Crippen molar-refractivity contribution in [2.24, 2.45) is 21.5 Å². The molecule has 5 N–H and O–H groups in total. The molecular formula is C17H20N4O3. The van der Waals surface area contributed by atoms with Gasteiger partial charge >= 0.3 is 5.97 Å². The minimum atomic E-state index is -0.974. The molecule has 1 aromatic carbocycles. The third-order valence-corrected chi connectivity index (χ3v) is 3.35. The van der Waals surface area contributed by atoms with E-state index in [0.29, 0.717) is 19.4 Å². The number of nitrogens with two attached hydrogens (primary N) is 2. The van der Waals surface area contributed by atoms with Gasteiger partial charge in [0.05, 0.1) is 6.26 Å². The van der Waals surface area contributed by atoms with Gasteiger partial charge in [-0.1, -0.05) is 18.2 Å². The van der Waals surface area contributed by atoms with Crippen molar-refractivity contribution in [1.82, 2.24) is 0 Å². The van der Waals surface area contributed by atoms with Crippen molar-refractivity contribution < 1.29 is 14.3 Å². The molecule has 0 saturated carbocycles. The number of furan rings is 1. The molecule has 1 heterocycles. The Kier molecular flexibility index (Phi) is 6.13. The molecule has 0 unspecified atom stereocenters. The molecule has 0 spiro atoms. The van der Waals surface area contributed by atoms with E-state index >= 15 is 0 Å². The first-order valence-corrected chi connectivity index (χ1v) is 7.52. The van der Waals surface area contributed by atoms with Crippen LogP contribution in [0.2, 0.25) is 0 Å². The van der Waals surface area contributed by atoms with Crippen LogP contribution in [0, 0.1) is 0 Å². The summed E-state index contributed by atoms with van der Waals surface area (Å²) in [6.07, 6.45) is 7.57. The maximum absolute atomic E-state index is 11.2. The Hall–Kier alpha value is -3.09. The van der Waals surface area contributed by atoms with Crippen LogP contribution in [0.5, 0.6) is 0 Å². The minimum absolute atomic E-state index is 0.000600. The van der Waals surface area contributed by atoms with E-state index in [1.807, 2.05) is 30.3 Å². The molecule has 0 amide bonds. The van der Waals surface area contributed by atoms with Crippen LogP contribution in [0.4, 0.5) is 0 Å².